The lowest BCUT2D eigenvalue weighted by molar-refractivity contribution is -0.219. The molecule has 0 radical (unpaired) electrons. The van der Waals surface area contributed by atoms with E-state index in [2.05, 4.69) is 5.32 Å². The van der Waals surface area contributed by atoms with E-state index in [-0.39, 0.29) is 0 Å². The molecule has 54 valence electrons. The molecule has 0 aliphatic carbocycles. The number of hydrogen-bond donors (Lipinski definition) is 1. The van der Waals surface area contributed by atoms with Crippen molar-refractivity contribution in [1.82, 2.24) is 5.32 Å². The third kappa shape index (κ3) is 1.64. The number of ether oxygens (including phenoxy) is 2. The minimum absolute atomic E-state index is 0.391. The predicted molar refractivity (Wildman–Crippen MR) is 34.2 cm³/mol. The fraction of sp³-hybridized carbons (Fsp3) is 1.00. The number of morpholine rings is 1. The van der Waals surface area contributed by atoms with Gasteiger partial charge in [-0.25, -0.2) is 0 Å². The van der Waals surface area contributed by atoms with Crippen LogP contribution in [-0.4, -0.2) is 32.6 Å². The Morgan fingerprint density at radius 3 is 2.78 bits per heavy atom. The van der Waals surface area contributed by atoms with Crippen molar-refractivity contribution < 1.29 is 9.47 Å². The van der Waals surface area contributed by atoms with Crippen molar-refractivity contribution in [3.05, 3.63) is 0 Å². The molecule has 3 nitrogen and oxygen atoms in total. The first-order valence-electron chi connectivity index (χ1n) is 3.17. The highest BCUT2D eigenvalue weighted by Gasteiger charge is 2.26. The molecule has 0 unspecified atom stereocenters. The summed E-state index contributed by atoms with van der Waals surface area (Å²) in [4.78, 5) is 0. The van der Waals surface area contributed by atoms with Crippen molar-refractivity contribution in [2.45, 2.75) is 12.7 Å². The fourth-order valence-electron chi connectivity index (χ4n) is 0.837. The van der Waals surface area contributed by atoms with Crippen LogP contribution in [0.4, 0.5) is 0 Å². The summed E-state index contributed by atoms with van der Waals surface area (Å²) >= 11 is 0. The number of hydrogen-bond acceptors (Lipinski definition) is 3. The van der Waals surface area contributed by atoms with E-state index in [0.29, 0.717) is 0 Å². The maximum absolute atomic E-state index is 5.33. The highest BCUT2D eigenvalue weighted by Crippen LogP contribution is 2.11. The van der Waals surface area contributed by atoms with Gasteiger partial charge in [-0.15, -0.1) is 0 Å². The first kappa shape index (κ1) is 6.99. The lowest BCUT2D eigenvalue weighted by Gasteiger charge is -2.32. The fourth-order valence-corrected chi connectivity index (χ4v) is 0.837. The summed E-state index contributed by atoms with van der Waals surface area (Å²) < 4.78 is 10.4. The molecule has 0 aromatic heterocycles. The van der Waals surface area contributed by atoms with Gasteiger partial charge in [-0.05, 0) is 6.92 Å². The van der Waals surface area contributed by atoms with E-state index >= 15 is 0 Å². The zero-order valence-corrected chi connectivity index (χ0v) is 5.94. The molecule has 1 saturated heterocycles. The van der Waals surface area contributed by atoms with Crippen LogP contribution < -0.4 is 5.32 Å². The summed E-state index contributed by atoms with van der Waals surface area (Å²) in [6, 6.07) is 0. The molecule has 1 aliphatic heterocycles. The highest BCUT2D eigenvalue weighted by atomic mass is 16.7. The van der Waals surface area contributed by atoms with Gasteiger partial charge in [-0.3, -0.25) is 0 Å². The quantitative estimate of drug-likeness (QED) is 0.542. The highest BCUT2D eigenvalue weighted by molar-refractivity contribution is 4.70. The van der Waals surface area contributed by atoms with Gasteiger partial charge in [0.25, 0.3) is 0 Å². The van der Waals surface area contributed by atoms with Gasteiger partial charge in [0.15, 0.2) is 5.79 Å². The van der Waals surface area contributed by atoms with E-state index in [9.17, 15) is 0 Å². The van der Waals surface area contributed by atoms with Crippen molar-refractivity contribution in [1.29, 1.82) is 0 Å². The first-order chi connectivity index (χ1) is 4.27. The van der Waals surface area contributed by atoms with Crippen LogP contribution in [0.2, 0.25) is 0 Å². The first-order valence-corrected chi connectivity index (χ1v) is 3.17. The van der Waals surface area contributed by atoms with Crippen molar-refractivity contribution in [2.75, 3.05) is 26.8 Å². The minimum Gasteiger partial charge on any atom is -0.352 e. The maximum Gasteiger partial charge on any atom is 0.177 e. The van der Waals surface area contributed by atoms with E-state index in [4.69, 9.17) is 9.47 Å². The molecule has 0 amide bonds. The maximum atomic E-state index is 5.33. The Hall–Kier alpha value is -0.120. The Labute approximate surface area is 55.3 Å². The molecule has 1 aliphatic rings. The molecule has 0 aromatic rings. The van der Waals surface area contributed by atoms with E-state index < -0.39 is 5.79 Å². The van der Waals surface area contributed by atoms with Gasteiger partial charge in [0.1, 0.15) is 0 Å². The average molecular weight is 131 g/mol. The van der Waals surface area contributed by atoms with Crippen LogP contribution in [0.3, 0.4) is 0 Å². The summed E-state index contributed by atoms with van der Waals surface area (Å²) in [5.74, 6) is -0.391. The van der Waals surface area contributed by atoms with Crippen LogP contribution in [0.25, 0.3) is 0 Å². The van der Waals surface area contributed by atoms with Crippen molar-refractivity contribution in [3.63, 3.8) is 0 Å². The molecule has 0 saturated carbocycles. The summed E-state index contributed by atoms with van der Waals surface area (Å²) in [6.45, 7) is 4.38. The Bertz CT molecular complexity index is 89.1. The van der Waals surface area contributed by atoms with Gasteiger partial charge in [-0.1, -0.05) is 0 Å². The SMILES string of the molecule is CO[C@@]1(C)CNCCO1. The molecule has 1 heterocycles. The van der Waals surface area contributed by atoms with Gasteiger partial charge in [-0.2, -0.15) is 0 Å². The molecule has 0 aromatic carbocycles. The van der Waals surface area contributed by atoms with Gasteiger partial charge in [0.05, 0.1) is 6.61 Å². The van der Waals surface area contributed by atoms with Crippen LogP contribution in [0.5, 0.6) is 0 Å². The third-order valence-corrected chi connectivity index (χ3v) is 1.56. The van der Waals surface area contributed by atoms with Crippen LogP contribution in [0, 0.1) is 0 Å². The molecular weight excluding hydrogens is 118 g/mol. The molecule has 9 heavy (non-hydrogen) atoms. The number of rotatable bonds is 1. The monoisotopic (exact) mass is 131 g/mol. The Kier molecular flexibility index (Phi) is 2.05. The second kappa shape index (κ2) is 2.64. The molecular formula is C6H13NO2. The number of nitrogens with one attached hydrogen (secondary N) is 1. The summed E-state index contributed by atoms with van der Waals surface area (Å²) in [5.41, 5.74) is 0. The molecule has 0 bridgehead atoms. The molecule has 1 atom stereocenters. The standard InChI is InChI=1S/C6H13NO2/c1-6(8-2)5-7-3-4-9-6/h7H,3-5H2,1-2H3/t6-/m1/s1. The van der Waals surface area contributed by atoms with Crippen molar-refractivity contribution in [2.24, 2.45) is 0 Å². The van der Waals surface area contributed by atoms with Gasteiger partial charge in [0, 0.05) is 20.2 Å². The molecule has 1 N–H and O–H groups in total. The Morgan fingerprint density at radius 2 is 2.44 bits per heavy atom. The molecule has 1 rings (SSSR count). The summed E-state index contributed by atoms with van der Waals surface area (Å²) in [6.07, 6.45) is 0. The van der Waals surface area contributed by atoms with Crippen molar-refractivity contribution >= 4 is 0 Å². The summed E-state index contributed by atoms with van der Waals surface area (Å²) in [5, 5.41) is 3.18. The largest absolute Gasteiger partial charge is 0.352 e. The summed E-state index contributed by atoms with van der Waals surface area (Å²) in [7, 11) is 1.66. The third-order valence-electron chi connectivity index (χ3n) is 1.56. The normalized spacial score (nSPS) is 36.7. The lowest BCUT2D eigenvalue weighted by atomic mass is 10.3. The average Bonchev–Trinajstić information content (AvgIpc) is 1.90. The van der Waals surface area contributed by atoms with E-state index in [0.717, 1.165) is 19.7 Å². The van der Waals surface area contributed by atoms with Gasteiger partial charge < -0.3 is 14.8 Å². The van der Waals surface area contributed by atoms with Crippen LogP contribution in [0.1, 0.15) is 6.92 Å². The molecule has 1 fully saturated rings. The number of methoxy groups -OCH3 is 1. The van der Waals surface area contributed by atoms with E-state index in [1.165, 1.54) is 0 Å². The van der Waals surface area contributed by atoms with E-state index in [1.54, 1.807) is 7.11 Å². The van der Waals surface area contributed by atoms with Gasteiger partial charge in [0.2, 0.25) is 0 Å². The van der Waals surface area contributed by atoms with Crippen molar-refractivity contribution in [3.8, 4) is 0 Å². The molecule has 3 heteroatoms. The Morgan fingerprint density at radius 1 is 1.67 bits per heavy atom. The van der Waals surface area contributed by atoms with E-state index in [1.807, 2.05) is 6.92 Å². The predicted octanol–water partition coefficient (Wildman–Crippen LogP) is -0.0312. The van der Waals surface area contributed by atoms with Crippen LogP contribution in [0.15, 0.2) is 0 Å². The Balaban J connectivity index is 2.37. The van der Waals surface area contributed by atoms with Crippen LogP contribution >= 0.6 is 0 Å². The second-order valence-electron chi connectivity index (χ2n) is 2.36. The van der Waals surface area contributed by atoms with Crippen LogP contribution in [-0.2, 0) is 9.47 Å². The minimum atomic E-state index is -0.391. The lowest BCUT2D eigenvalue weighted by Crippen LogP contribution is -2.48. The topological polar surface area (TPSA) is 30.5 Å². The molecule has 0 spiro atoms. The van der Waals surface area contributed by atoms with Gasteiger partial charge >= 0.3 is 0 Å². The smallest absolute Gasteiger partial charge is 0.177 e. The second-order valence-corrected chi connectivity index (χ2v) is 2.36. The zero-order valence-electron chi connectivity index (χ0n) is 5.94. The zero-order chi connectivity index (χ0) is 6.74.